The van der Waals surface area contributed by atoms with Gasteiger partial charge in [-0.1, -0.05) is 18.2 Å². The van der Waals surface area contributed by atoms with Crippen molar-refractivity contribution in [3.63, 3.8) is 0 Å². The third-order valence-electron chi connectivity index (χ3n) is 4.87. The van der Waals surface area contributed by atoms with Crippen molar-refractivity contribution in [2.75, 3.05) is 13.3 Å². The third-order valence-corrected chi connectivity index (χ3v) is 6.62. The van der Waals surface area contributed by atoms with Crippen LogP contribution in [-0.4, -0.2) is 48.8 Å². The van der Waals surface area contributed by atoms with Crippen molar-refractivity contribution in [3.8, 4) is 0 Å². The Kier molecular flexibility index (Phi) is 5.70. The second-order valence-corrected chi connectivity index (χ2v) is 8.90. The predicted octanol–water partition coefficient (Wildman–Crippen LogP) is 2.77. The minimum absolute atomic E-state index is 0.0159. The highest BCUT2D eigenvalue weighted by Crippen LogP contribution is 2.20. The van der Waals surface area contributed by atoms with Gasteiger partial charge in [0.1, 0.15) is 0 Å². The molecule has 1 aromatic carbocycles. The zero-order valence-electron chi connectivity index (χ0n) is 14.7. The molecule has 1 aromatic heterocycles. The standard InChI is InChI=1S/C18H26N2O3S/c1-13(14(2)24(4,22)23)20(3)18(21)11-7-8-15-12-19-17-10-6-5-9-16(15)17/h5-6,9-10,12-14,19H,7-8,11H2,1-4H3. The molecule has 2 rings (SSSR count). The number of nitrogens with one attached hydrogen (secondary N) is 1. The van der Waals surface area contributed by atoms with Gasteiger partial charge in [0.2, 0.25) is 5.91 Å². The number of aryl methyl sites for hydroxylation is 1. The van der Waals surface area contributed by atoms with E-state index in [0.717, 1.165) is 18.4 Å². The van der Waals surface area contributed by atoms with E-state index in [2.05, 4.69) is 11.1 Å². The number of sulfone groups is 1. The average Bonchev–Trinajstić information content (AvgIpc) is 2.95. The van der Waals surface area contributed by atoms with Gasteiger partial charge in [-0.05, 0) is 38.3 Å². The van der Waals surface area contributed by atoms with E-state index in [1.54, 1.807) is 25.8 Å². The fourth-order valence-corrected chi connectivity index (χ4v) is 3.74. The monoisotopic (exact) mass is 350 g/mol. The van der Waals surface area contributed by atoms with Gasteiger partial charge in [0.15, 0.2) is 9.84 Å². The lowest BCUT2D eigenvalue weighted by atomic mass is 10.1. The minimum atomic E-state index is -3.16. The van der Waals surface area contributed by atoms with Gasteiger partial charge in [-0.25, -0.2) is 8.42 Å². The number of benzene rings is 1. The van der Waals surface area contributed by atoms with E-state index in [0.29, 0.717) is 6.42 Å². The molecule has 0 fully saturated rings. The molecule has 0 bridgehead atoms. The number of carbonyl (C=O) groups is 1. The number of amides is 1. The molecule has 1 heterocycles. The molecule has 1 N–H and O–H groups in total. The molecule has 2 aromatic rings. The maximum Gasteiger partial charge on any atom is 0.222 e. The lowest BCUT2D eigenvalue weighted by Crippen LogP contribution is -2.44. The number of nitrogens with zero attached hydrogens (tertiary/aromatic N) is 1. The quantitative estimate of drug-likeness (QED) is 0.835. The first-order chi connectivity index (χ1) is 11.2. The first kappa shape index (κ1) is 18.5. The van der Waals surface area contributed by atoms with Crippen LogP contribution in [0.2, 0.25) is 0 Å². The summed E-state index contributed by atoms with van der Waals surface area (Å²) in [5.41, 5.74) is 2.31. The van der Waals surface area contributed by atoms with Gasteiger partial charge in [-0.2, -0.15) is 0 Å². The summed E-state index contributed by atoms with van der Waals surface area (Å²) in [5.74, 6) is -0.0159. The van der Waals surface area contributed by atoms with E-state index < -0.39 is 15.1 Å². The average molecular weight is 350 g/mol. The Bertz CT molecular complexity index is 811. The van der Waals surface area contributed by atoms with Crippen LogP contribution in [0.25, 0.3) is 10.9 Å². The molecule has 6 heteroatoms. The smallest absolute Gasteiger partial charge is 0.222 e. The summed E-state index contributed by atoms with van der Waals surface area (Å²) in [6, 6.07) is 7.77. The predicted molar refractivity (Wildman–Crippen MR) is 97.8 cm³/mol. The highest BCUT2D eigenvalue weighted by atomic mass is 32.2. The van der Waals surface area contributed by atoms with Crippen molar-refractivity contribution in [2.45, 2.75) is 44.4 Å². The molecule has 0 aliphatic heterocycles. The number of aromatic nitrogens is 1. The van der Waals surface area contributed by atoms with E-state index in [4.69, 9.17) is 0 Å². The zero-order valence-corrected chi connectivity index (χ0v) is 15.6. The highest BCUT2D eigenvalue weighted by Gasteiger charge is 2.27. The molecule has 0 aliphatic rings. The maximum atomic E-state index is 12.3. The largest absolute Gasteiger partial charge is 0.361 e. The van der Waals surface area contributed by atoms with Gasteiger partial charge in [0.05, 0.1) is 5.25 Å². The van der Waals surface area contributed by atoms with E-state index in [-0.39, 0.29) is 11.9 Å². The number of hydrogen-bond acceptors (Lipinski definition) is 3. The zero-order chi connectivity index (χ0) is 17.9. The molecule has 1 amide bonds. The van der Waals surface area contributed by atoms with Gasteiger partial charge < -0.3 is 9.88 Å². The lowest BCUT2D eigenvalue weighted by molar-refractivity contribution is -0.131. The van der Waals surface area contributed by atoms with E-state index in [9.17, 15) is 13.2 Å². The van der Waals surface area contributed by atoms with Crippen molar-refractivity contribution in [1.82, 2.24) is 9.88 Å². The molecule has 0 saturated carbocycles. The molecular weight excluding hydrogens is 324 g/mol. The maximum absolute atomic E-state index is 12.3. The van der Waals surface area contributed by atoms with Gasteiger partial charge in [-0.15, -0.1) is 0 Å². The van der Waals surface area contributed by atoms with Crippen molar-refractivity contribution < 1.29 is 13.2 Å². The number of carbonyl (C=O) groups excluding carboxylic acids is 1. The Morgan fingerprint density at radius 2 is 1.92 bits per heavy atom. The fraction of sp³-hybridized carbons (Fsp3) is 0.500. The summed E-state index contributed by atoms with van der Waals surface area (Å²) >= 11 is 0. The summed E-state index contributed by atoms with van der Waals surface area (Å²) in [6.07, 6.45) is 5.18. The second-order valence-electron chi connectivity index (χ2n) is 6.49. The number of fused-ring (bicyclic) bond motifs is 1. The van der Waals surface area contributed by atoms with Gasteiger partial charge >= 0.3 is 0 Å². The SMILES string of the molecule is CC(C(C)S(C)(=O)=O)N(C)C(=O)CCCc1c[nH]c2ccccc12. The van der Waals surface area contributed by atoms with Gasteiger partial charge in [0.25, 0.3) is 0 Å². The topological polar surface area (TPSA) is 70.2 Å². The van der Waals surface area contributed by atoms with Crippen LogP contribution in [0.4, 0.5) is 0 Å². The Balaban J connectivity index is 1.91. The van der Waals surface area contributed by atoms with Crippen LogP contribution >= 0.6 is 0 Å². The summed E-state index contributed by atoms with van der Waals surface area (Å²) in [5, 5.41) is 0.623. The molecule has 5 nitrogen and oxygen atoms in total. The number of para-hydroxylation sites is 1. The first-order valence-electron chi connectivity index (χ1n) is 8.21. The van der Waals surface area contributed by atoms with Crippen LogP contribution in [0.1, 0.15) is 32.3 Å². The fourth-order valence-electron chi connectivity index (χ4n) is 2.84. The van der Waals surface area contributed by atoms with E-state index in [1.807, 2.05) is 24.4 Å². The first-order valence-corrected chi connectivity index (χ1v) is 10.2. The molecule has 0 spiro atoms. The number of aromatic amines is 1. The molecule has 2 unspecified atom stereocenters. The van der Waals surface area contributed by atoms with Crippen LogP contribution in [0.5, 0.6) is 0 Å². The van der Waals surface area contributed by atoms with Crippen molar-refractivity contribution in [2.24, 2.45) is 0 Å². The molecule has 0 aliphatic carbocycles. The Morgan fingerprint density at radius 1 is 1.25 bits per heavy atom. The van der Waals surface area contributed by atoms with Crippen LogP contribution in [0, 0.1) is 0 Å². The van der Waals surface area contributed by atoms with Crippen LogP contribution in [0.15, 0.2) is 30.5 Å². The molecule has 2 atom stereocenters. The molecule has 24 heavy (non-hydrogen) atoms. The third kappa shape index (κ3) is 4.17. The van der Waals surface area contributed by atoms with Crippen molar-refractivity contribution in [1.29, 1.82) is 0 Å². The molecule has 0 saturated heterocycles. The molecule has 0 radical (unpaired) electrons. The molecule has 132 valence electrons. The van der Waals surface area contributed by atoms with Crippen LogP contribution in [-0.2, 0) is 21.1 Å². The van der Waals surface area contributed by atoms with Crippen LogP contribution < -0.4 is 0 Å². The lowest BCUT2D eigenvalue weighted by Gasteiger charge is -2.29. The highest BCUT2D eigenvalue weighted by molar-refractivity contribution is 7.91. The van der Waals surface area contributed by atoms with Gasteiger partial charge in [0, 0.05) is 42.9 Å². The molecular formula is C18H26N2O3S. The second kappa shape index (κ2) is 7.38. The summed E-state index contributed by atoms with van der Waals surface area (Å²) in [7, 11) is -1.48. The number of rotatable bonds is 7. The number of hydrogen-bond donors (Lipinski definition) is 1. The number of H-pyrrole nitrogens is 1. The van der Waals surface area contributed by atoms with Gasteiger partial charge in [-0.3, -0.25) is 4.79 Å². The summed E-state index contributed by atoms with van der Waals surface area (Å²) in [6.45, 7) is 3.43. The van der Waals surface area contributed by atoms with E-state index in [1.165, 1.54) is 17.2 Å². The normalized spacial score (nSPS) is 14.5. The minimum Gasteiger partial charge on any atom is -0.361 e. The summed E-state index contributed by atoms with van der Waals surface area (Å²) in [4.78, 5) is 17.1. The van der Waals surface area contributed by atoms with Crippen LogP contribution in [0.3, 0.4) is 0 Å². The Morgan fingerprint density at radius 3 is 2.58 bits per heavy atom. The van der Waals surface area contributed by atoms with E-state index >= 15 is 0 Å². The Hall–Kier alpha value is -1.82. The Labute approximate surface area is 144 Å². The van der Waals surface area contributed by atoms with Crippen molar-refractivity contribution in [3.05, 3.63) is 36.0 Å². The summed E-state index contributed by atoms with van der Waals surface area (Å²) < 4.78 is 23.3. The van der Waals surface area contributed by atoms with Crippen molar-refractivity contribution >= 4 is 26.6 Å².